The highest BCUT2D eigenvalue weighted by atomic mass is 16.4. The number of hydrogen-bond donors (Lipinski definition) is 2. The summed E-state index contributed by atoms with van der Waals surface area (Å²) < 4.78 is 5.50. The molecule has 0 aliphatic rings. The van der Waals surface area contributed by atoms with Crippen molar-refractivity contribution >= 4 is 23.0 Å². The van der Waals surface area contributed by atoms with E-state index in [0.717, 1.165) is 16.5 Å². The lowest BCUT2D eigenvalue weighted by Crippen LogP contribution is -2.08. The lowest BCUT2D eigenvalue weighted by Gasteiger charge is -1.92. The zero-order valence-electron chi connectivity index (χ0n) is 8.73. The van der Waals surface area contributed by atoms with Crippen LogP contribution in [0.15, 0.2) is 34.4 Å². The van der Waals surface area contributed by atoms with Crippen LogP contribution >= 0.6 is 0 Å². The summed E-state index contributed by atoms with van der Waals surface area (Å²) in [5, 5.41) is 9.57. The Morgan fingerprint density at radius 1 is 1.50 bits per heavy atom. The van der Waals surface area contributed by atoms with Gasteiger partial charge in [-0.1, -0.05) is 18.2 Å². The molecule has 82 valence electrons. The first kappa shape index (κ1) is 10.3. The van der Waals surface area contributed by atoms with Crippen molar-refractivity contribution in [2.24, 2.45) is 5.73 Å². The maximum Gasteiger partial charge on any atom is 0.351 e. The van der Waals surface area contributed by atoms with Crippen LogP contribution in [0.1, 0.15) is 11.3 Å². The van der Waals surface area contributed by atoms with Crippen molar-refractivity contribution in [3.8, 4) is 0 Å². The number of para-hydroxylation sites is 1. The first-order valence-electron chi connectivity index (χ1n) is 4.77. The van der Waals surface area contributed by atoms with Gasteiger partial charge in [0, 0.05) is 11.5 Å². The van der Waals surface area contributed by atoms with Crippen molar-refractivity contribution in [2.45, 2.75) is 6.92 Å². The van der Waals surface area contributed by atoms with Gasteiger partial charge in [0.25, 0.3) is 0 Å². The maximum absolute atomic E-state index is 10.6. The predicted octanol–water partition coefficient (Wildman–Crippen LogP) is 2.13. The lowest BCUT2D eigenvalue weighted by atomic mass is 10.2. The van der Waals surface area contributed by atoms with Gasteiger partial charge in [-0.3, -0.25) is 0 Å². The van der Waals surface area contributed by atoms with E-state index in [2.05, 4.69) is 0 Å². The highest BCUT2D eigenvalue weighted by molar-refractivity contribution is 5.91. The molecule has 0 atom stereocenters. The Morgan fingerprint density at radius 2 is 2.25 bits per heavy atom. The minimum absolute atomic E-state index is 0.239. The Morgan fingerprint density at radius 3 is 2.88 bits per heavy atom. The molecule has 0 fully saturated rings. The molecule has 4 nitrogen and oxygen atoms in total. The van der Waals surface area contributed by atoms with Gasteiger partial charge < -0.3 is 15.3 Å². The number of aryl methyl sites for hydroxylation is 1. The molecular weight excluding hydrogens is 206 g/mol. The summed E-state index contributed by atoms with van der Waals surface area (Å²) in [5.41, 5.74) is 6.83. The van der Waals surface area contributed by atoms with Crippen molar-refractivity contribution in [3.05, 3.63) is 41.3 Å². The minimum atomic E-state index is -1.16. The Kier molecular flexibility index (Phi) is 2.40. The predicted molar refractivity (Wildman–Crippen MR) is 60.8 cm³/mol. The standard InChI is InChI=1S/C12H11NO3/c1-7-3-2-4-8-5-9(16-11(7)8)6-10(13)12(14)15/h2-6H,13H2,1H3,(H,14,15)/b10-6+. The number of furan rings is 1. The fourth-order valence-corrected chi connectivity index (χ4v) is 1.51. The zero-order chi connectivity index (χ0) is 11.7. The molecule has 0 saturated carbocycles. The van der Waals surface area contributed by atoms with E-state index < -0.39 is 5.97 Å². The van der Waals surface area contributed by atoms with E-state index in [1.165, 1.54) is 6.08 Å². The smallest absolute Gasteiger partial charge is 0.351 e. The highest BCUT2D eigenvalue weighted by Gasteiger charge is 2.06. The minimum Gasteiger partial charge on any atom is -0.477 e. The second kappa shape index (κ2) is 3.73. The van der Waals surface area contributed by atoms with E-state index >= 15 is 0 Å². The van der Waals surface area contributed by atoms with Gasteiger partial charge >= 0.3 is 5.97 Å². The summed E-state index contributed by atoms with van der Waals surface area (Å²) in [6.07, 6.45) is 1.31. The van der Waals surface area contributed by atoms with Crippen LogP contribution in [0.4, 0.5) is 0 Å². The quantitative estimate of drug-likeness (QED) is 0.755. The summed E-state index contributed by atoms with van der Waals surface area (Å²) in [5.74, 6) is -0.707. The molecule has 0 bridgehead atoms. The van der Waals surface area contributed by atoms with Gasteiger partial charge in [0.2, 0.25) is 0 Å². The van der Waals surface area contributed by atoms with Crippen LogP contribution in [0.3, 0.4) is 0 Å². The third-order valence-corrected chi connectivity index (χ3v) is 2.30. The third kappa shape index (κ3) is 1.77. The van der Waals surface area contributed by atoms with E-state index in [0.29, 0.717) is 5.76 Å². The summed E-state index contributed by atoms with van der Waals surface area (Å²) in [7, 11) is 0. The van der Waals surface area contributed by atoms with Crippen molar-refractivity contribution in [1.82, 2.24) is 0 Å². The Bertz CT molecular complexity index is 581. The summed E-state index contributed by atoms with van der Waals surface area (Å²) >= 11 is 0. The first-order valence-corrected chi connectivity index (χ1v) is 4.77. The molecule has 4 heteroatoms. The van der Waals surface area contributed by atoms with Crippen molar-refractivity contribution in [1.29, 1.82) is 0 Å². The molecule has 0 aliphatic heterocycles. The van der Waals surface area contributed by atoms with Gasteiger partial charge in [0.1, 0.15) is 17.0 Å². The third-order valence-electron chi connectivity index (χ3n) is 2.30. The summed E-state index contributed by atoms with van der Waals surface area (Å²) in [6.45, 7) is 1.93. The summed E-state index contributed by atoms with van der Waals surface area (Å²) in [4.78, 5) is 10.6. The second-order valence-corrected chi connectivity index (χ2v) is 3.55. The number of carboxylic acid groups (broad SMARTS) is 1. The number of carboxylic acids is 1. The van der Waals surface area contributed by atoms with Crippen molar-refractivity contribution < 1.29 is 14.3 Å². The lowest BCUT2D eigenvalue weighted by molar-refractivity contribution is -0.132. The van der Waals surface area contributed by atoms with Crippen LogP contribution in [-0.2, 0) is 4.79 Å². The molecule has 3 N–H and O–H groups in total. The molecule has 1 heterocycles. The Balaban J connectivity index is 2.52. The van der Waals surface area contributed by atoms with Gasteiger partial charge in [-0.15, -0.1) is 0 Å². The first-order chi connectivity index (χ1) is 7.58. The van der Waals surface area contributed by atoms with Gasteiger partial charge in [-0.25, -0.2) is 4.79 Å². The van der Waals surface area contributed by atoms with Crippen LogP contribution in [0.25, 0.3) is 17.0 Å². The van der Waals surface area contributed by atoms with E-state index in [1.54, 1.807) is 6.07 Å². The van der Waals surface area contributed by atoms with Crippen LogP contribution in [-0.4, -0.2) is 11.1 Å². The van der Waals surface area contributed by atoms with Gasteiger partial charge in [0.15, 0.2) is 0 Å². The normalized spacial score (nSPS) is 11.9. The van der Waals surface area contributed by atoms with Gasteiger partial charge in [-0.2, -0.15) is 0 Å². The monoisotopic (exact) mass is 217 g/mol. The molecule has 0 unspecified atom stereocenters. The average Bonchev–Trinajstić information content (AvgIpc) is 2.61. The molecule has 0 saturated heterocycles. The summed E-state index contributed by atoms with van der Waals surface area (Å²) in [6, 6.07) is 7.51. The Hall–Kier alpha value is -2.23. The molecule has 2 aromatic rings. The molecule has 0 aliphatic carbocycles. The Labute approximate surface area is 92.0 Å². The van der Waals surface area contributed by atoms with Crippen molar-refractivity contribution in [2.75, 3.05) is 0 Å². The topological polar surface area (TPSA) is 76.5 Å². The number of rotatable bonds is 2. The number of nitrogens with two attached hydrogens (primary N) is 1. The molecular formula is C12H11NO3. The molecule has 1 aromatic heterocycles. The van der Waals surface area contributed by atoms with E-state index in [-0.39, 0.29) is 5.70 Å². The van der Waals surface area contributed by atoms with Crippen LogP contribution in [0.2, 0.25) is 0 Å². The molecule has 2 rings (SSSR count). The fourth-order valence-electron chi connectivity index (χ4n) is 1.51. The van der Waals surface area contributed by atoms with E-state index in [9.17, 15) is 4.79 Å². The largest absolute Gasteiger partial charge is 0.477 e. The van der Waals surface area contributed by atoms with Gasteiger partial charge in [-0.05, 0) is 18.6 Å². The molecule has 0 spiro atoms. The van der Waals surface area contributed by atoms with Crippen LogP contribution in [0, 0.1) is 6.92 Å². The second-order valence-electron chi connectivity index (χ2n) is 3.55. The molecule has 0 amide bonds. The number of hydrogen-bond acceptors (Lipinski definition) is 3. The van der Waals surface area contributed by atoms with Crippen LogP contribution < -0.4 is 5.73 Å². The molecule has 16 heavy (non-hydrogen) atoms. The molecule has 0 radical (unpaired) electrons. The van der Waals surface area contributed by atoms with E-state index in [4.69, 9.17) is 15.3 Å². The SMILES string of the molecule is Cc1cccc2cc(/C=C(/N)C(=O)O)oc12. The average molecular weight is 217 g/mol. The van der Waals surface area contributed by atoms with E-state index in [1.807, 2.05) is 25.1 Å². The number of carbonyl (C=O) groups is 1. The fraction of sp³-hybridized carbons (Fsp3) is 0.0833. The van der Waals surface area contributed by atoms with Crippen LogP contribution in [0.5, 0.6) is 0 Å². The van der Waals surface area contributed by atoms with Gasteiger partial charge in [0.05, 0.1) is 0 Å². The zero-order valence-corrected chi connectivity index (χ0v) is 8.73. The number of aliphatic carboxylic acids is 1. The van der Waals surface area contributed by atoms with Crippen molar-refractivity contribution in [3.63, 3.8) is 0 Å². The molecule has 1 aromatic carbocycles. The number of fused-ring (bicyclic) bond motifs is 1. The number of benzene rings is 1. The highest BCUT2D eigenvalue weighted by Crippen LogP contribution is 2.23. The maximum atomic E-state index is 10.6.